The third-order valence-corrected chi connectivity index (χ3v) is 5.64. The van der Waals surface area contributed by atoms with Gasteiger partial charge in [-0.15, -0.1) is 23.5 Å². The molecular formula is C15H21NS2. The molecule has 0 unspecified atom stereocenters. The largest absolute Gasteiger partial charge is 0.309 e. The first-order chi connectivity index (χ1) is 8.77. The quantitative estimate of drug-likeness (QED) is 0.814. The average molecular weight is 279 g/mol. The zero-order chi connectivity index (χ0) is 12.8. The van der Waals surface area contributed by atoms with Crippen molar-refractivity contribution in [1.29, 1.82) is 0 Å². The van der Waals surface area contributed by atoms with E-state index in [-0.39, 0.29) is 0 Å². The van der Waals surface area contributed by atoms with Crippen LogP contribution in [0.3, 0.4) is 0 Å². The number of rotatable bonds is 4. The Morgan fingerprint density at radius 3 is 2.39 bits per heavy atom. The molecular weight excluding hydrogens is 258 g/mol. The highest BCUT2D eigenvalue weighted by molar-refractivity contribution is 8.23. The highest BCUT2D eigenvalue weighted by Crippen LogP contribution is 2.41. The lowest BCUT2D eigenvalue weighted by atomic mass is 10.0. The predicted octanol–water partition coefficient (Wildman–Crippen LogP) is 4.18. The van der Waals surface area contributed by atoms with Crippen molar-refractivity contribution in [2.24, 2.45) is 0 Å². The van der Waals surface area contributed by atoms with Gasteiger partial charge in [0, 0.05) is 10.8 Å². The molecule has 1 nitrogen and oxygen atoms in total. The van der Waals surface area contributed by atoms with Gasteiger partial charge in [-0.05, 0) is 49.6 Å². The third kappa shape index (κ3) is 4.08. The first-order valence-electron chi connectivity index (χ1n) is 6.46. The Hall–Kier alpha value is -0.380. The van der Waals surface area contributed by atoms with E-state index in [1.54, 1.807) is 9.81 Å². The predicted molar refractivity (Wildman–Crippen MR) is 86.1 cm³/mol. The molecule has 0 bridgehead atoms. The lowest BCUT2D eigenvalue weighted by Gasteiger charge is -2.20. The van der Waals surface area contributed by atoms with Crippen molar-refractivity contribution in [2.75, 3.05) is 32.1 Å². The summed E-state index contributed by atoms with van der Waals surface area (Å²) in [4.78, 5) is 2.27. The Kier molecular flexibility index (Phi) is 5.67. The minimum atomic E-state index is 1.12. The third-order valence-electron chi connectivity index (χ3n) is 2.93. The van der Waals surface area contributed by atoms with Gasteiger partial charge in [0.1, 0.15) is 0 Å². The molecule has 0 radical (unpaired) electrons. The Balaban J connectivity index is 2.22. The molecule has 1 aliphatic heterocycles. The highest BCUT2D eigenvalue weighted by Gasteiger charge is 2.14. The van der Waals surface area contributed by atoms with E-state index in [4.69, 9.17) is 0 Å². The second-order valence-electron chi connectivity index (χ2n) is 4.74. The van der Waals surface area contributed by atoms with E-state index < -0.39 is 0 Å². The van der Waals surface area contributed by atoms with Crippen molar-refractivity contribution < 1.29 is 0 Å². The minimum absolute atomic E-state index is 1.12. The van der Waals surface area contributed by atoms with Gasteiger partial charge in [0.05, 0.1) is 0 Å². The van der Waals surface area contributed by atoms with Gasteiger partial charge in [0.15, 0.2) is 0 Å². The van der Waals surface area contributed by atoms with E-state index in [9.17, 15) is 0 Å². The Morgan fingerprint density at radius 1 is 1.11 bits per heavy atom. The minimum Gasteiger partial charge on any atom is -0.309 e. The zero-order valence-electron chi connectivity index (χ0n) is 11.2. The SMILES string of the molecule is CN(C)CCC(=C1SCCCS1)c1ccccc1. The van der Waals surface area contributed by atoms with Crippen LogP contribution in [0.1, 0.15) is 18.4 Å². The molecule has 0 spiro atoms. The second-order valence-corrected chi connectivity index (χ2v) is 7.20. The monoisotopic (exact) mass is 279 g/mol. The number of benzene rings is 1. The summed E-state index contributed by atoms with van der Waals surface area (Å²) in [5.74, 6) is 2.56. The maximum absolute atomic E-state index is 2.27. The molecule has 2 rings (SSSR count). The van der Waals surface area contributed by atoms with Crippen LogP contribution in [0.15, 0.2) is 34.6 Å². The van der Waals surface area contributed by atoms with Crippen LogP contribution in [0.25, 0.3) is 5.57 Å². The van der Waals surface area contributed by atoms with Crippen LogP contribution in [-0.2, 0) is 0 Å². The van der Waals surface area contributed by atoms with Crippen molar-refractivity contribution >= 4 is 29.1 Å². The van der Waals surface area contributed by atoms with E-state index in [1.165, 1.54) is 23.5 Å². The van der Waals surface area contributed by atoms with Gasteiger partial charge in [-0.2, -0.15) is 0 Å². The maximum atomic E-state index is 2.27. The standard InChI is InChI=1S/C15H21NS2/c1-16(2)10-9-14(13-7-4-3-5-8-13)15-17-11-6-12-18-15/h3-5,7-8H,6,9-12H2,1-2H3. The average Bonchev–Trinajstić information content (AvgIpc) is 2.41. The molecule has 1 aliphatic rings. The number of hydrogen-bond donors (Lipinski definition) is 0. The molecule has 1 fully saturated rings. The first-order valence-corrected chi connectivity index (χ1v) is 8.43. The van der Waals surface area contributed by atoms with Gasteiger partial charge in [-0.1, -0.05) is 30.3 Å². The van der Waals surface area contributed by atoms with Crippen molar-refractivity contribution in [2.45, 2.75) is 12.8 Å². The molecule has 0 atom stereocenters. The molecule has 0 aromatic heterocycles. The van der Waals surface area contributed by atoms with Gasteiger partial charge in [0.2, 0.25) is 0 Å². The first kappa shape index (κ1) is 14.0. The lowest BCUT2D eigenvalue weighted by Crippen LogP contribution is -2.13. The van der Waals surface area contributed by atoms with E-state index in [0.717, 1.165) is 13.0 Å². The number of thioether (sulfide) groups is 2. The summed E-state index contributed by atoms with van der Waals surface area (Å²) < 4.78 is 1.55. The maximum Gasteiger partial charge on any atom is 0.0439 e. The van der Waals surface area contributed by atoms with Gasteiger partial charge in [0.25, 0.3) is 0 Å². The molecule has 98 valence electrons. The molecule has 1 saturated heterocycles. The van der Waals surface area contributed by atoms with Crippen LogP contribution in [0.5, 0.6) is 0 Å². The van der Waals surface area contributed by atoms with Crippen LogP contribution in [-0.4, -0.2) is 37.0 Å². The summed E-state index contributed by atoms with van der Waals surface area (Å²) in [5.41, 5.74) is 2.94. The van der Waals surface area contributed by atoms with Crippen LogP contribution in [0, 0.1) is 0 Å². The van der Waals surface area contributed by atoms with E-state index in [1.807, 2.05) is 23.5 Å². The summed E-state index contributed by atoms with van der Waals surface area (Å²) >= 11 is 4.08. The summed E-state index contributed by atoms with van der Waals surface area (Å²) in [5, 5.41) is 0. The summed E-state index contributed by atoms with van der Waals surface area (Å²) in [6, 6.07) is 10.9. The fourth-order valence-electron chi connectivity index (χ4n) is 1.94. The van der Waals surface area contributed by atoms with Crippen molar-refractivity contribution in [1.82, 2.24) is 4.90 Å². The van der Waals surface area contributed by atoms with Crippen LogP contribution >= 0.6 is 23.5 Å². The van der Waals surface area contributed by atoms with Crippen molar-refractivity contribution in [3.63, 3.8) is 0 Å². The van der Waals surface area contributed by atoms with Crippen molar-refractivity contribution in [3.05, 3.63) is 40.1 Å². The Bertz CT molecular complexity index is 390. The van der Waals surface area contributed by atoms with Crippen molar-refractivity contribution in [3.8, 4) is 0 Å². The molecule has 0 amide bonds. The fourth-order valence-corrected chi connectivity index (χ4v) is 4.70. The van der Waals surface area contributed by atoms with E-state index in [2.05, 4.69) is 49.3 Å². The second kappa shape index (κ2) is 7.27. The van der Waals surface area contributed by atoms with Gasteiger partial charge < -0.3 is 4.90 Å². The van der Waals surface area contributed by atoms with Gasteiger partial charge in [-0.3, -0.25) is 0 Å². The molecule has 0 saturated carbocycles. The molecule has 1 heterocycles. The normalized spacial score (nSPS) is 16.1. The fraction of sp³-hybridized carbons (Fsp3) is 0.467. The Morgan fingerprint density at radius 2 is 1.78 bits per heavy atom. The van der Waals surface area contributed by atoms with Crippen LogP contribution < -0.4 is 0 Å². The summed E-state index contributed by atoms with van der Waals surface area (Å²) in [6.07, 6.45) is 2.49. The van der Waals surface area contributed by atoms with Gasteiger partial charge >= 0.3 is 0 Å². The van der Waals surface area contributed by atoms with E-state index >= 15 is 0 Å². The lowest BCUT2D eigenvalue weighted by molar-refractivity contribution is 0.419. The molecule has 0 aliphatic carbocycles. The van der Waals surface area contributed by atoms with Gasteiger partial charge in [-0.25, -0.2) is 0 Å². The molecule has 0 N–H and O–H groups in total. The van der Waals surface area contributed by atoms with Crippen LogP contribution in [0.2, 0.25) is 0 Å². The molecule has 3 heteroatoms. The highest BCUT2D eigenvalue weighted by atomic mass is 32.2. The number of hydrogen-bond acceptors (Lipinski definition) is 3. The van der Waals surface area contributed by atoms with E-state index in [0.29, 0.717) is 0 Å². The molecule has 18 heavy (non-hydrogen) atoms. The smallest absolute Gasteiger partial charge is 0.0439 e. The summed E-state index contributed by atoms with van der Waals surface area (Å²) in [6.45, 7) is 1.12. The van der Waals surface area contributed by atoms with Crippen LogP contribution in [0.4, 0.5) is 0 Å². The number of nitrogens with zero attached hydrogens (tertiary/aromatic N) is 1. The Labute approximate surface area is 119 Å². The zero-order valence-corrected chi connectivity index (χ0v) is 12.8. The molecule has 1 aromatic rings. The summed E-state index contributed by atoms with van der Waals surface area (Å²) in [7, 11) is 4.29. The molecule has 1 aromatic carbocycles. The topological polar surface area (TPSA) is 3.24 Å².